The maximum atomic E-state index is 11.8. The van der Waals surface area contributed by atoms with Gasteiger partial charge in [-0.3, -0.25) is 10.1 Å². The molecule has 0 radical (unpaired) electrons. The van der Waals surface area contributed by atoms with Crippen LogP contribution in [0.3, 0.4) is 0 Å². The average molecular weight is 244 g/mol. The minimum atomic E-state index is -0.403. The first-order chi connectivity index (χ1) is 7.71. The van der Waals surface area contributed by atoms with Crippen molar-refractivity contribution in [3.8, 4) is 0 Å². The molecule has 6 nitrogen and oxygen atoms in total. The van der Waals surface area contributed by atoms with Crippen molar-refractivity contribution in [1.82, 2.24) is 10.6 Å². The van der Waals surface area contributed by atoms with Gasteiger partial charge in [-0.05, 0) is 34.1 Å². The zero-order valence-electron chi connectivity index (χ0n) is 11.2. The van der Waals surface area contributed by atoms with Gasteiger partial charge in [0.05, 0.1) is 12.1 Å². The number of carbonyl (C=O) groups is 1. The lowest BCUT2D eigenvalue weighted by Gasteiger charge is -2.26. The first-order valence-electron chi connectivity index (χ1n) is 5.76. The second kappa shape index (κ2) is 6.44. The van der Waals surface area contributed by atoms with E-state index >= 15 is 0 Å². The molecule has 0 aromatic heterocycles. The first-order valence-corrected chi connectivity index (χ1v) is 5.76. The highest BCUT2D eigenvalue weighted by atomic mass is 16.4. The molecular weight excluding hydrogens is 220 g/mol. The lowest BCUT2D eigenvalue weighted by atomic mass is 10.1. The molecule has 17 heavy (non-hydrogen) atoms. The molecule has 6 heteroatoms. The molecule has 1 amide bonds. The van der Waals surface area contributed by atoms with Gasteiger partial charge in [-0.2, -0.15) is 0 Å². The Morgan fingerprint density at radius 1 is 1.47 bits per heavy atom. The third-order valence-corrected chi connectivity index (χ3v) is 2.22. The van der Waals surface area contributed by atoms with Gasteiger partial charge >= 0.3 is 0 Å². The normalized spacial score (nSPS) is 16.4. The fraction of sp³-hybridized carbons (Fsp3) is 0.818. The number of oxime groups is 1. The highest BCUT2D eigenvalue weighted by molar-refractivity contribution is 5.87. The summed E-state index contributed by atoms with van der Waals surface area (Å²) in [5.41, 5.74) is 5.24. The van der Waals surface area contributed by atoms with E-state index in [2.05, 4.69) is 15.8 Å². The molecule has 0 spiro atoms. The van der Waals surface area contributed by atoms with Crippen molar-refractivity contribution in [2.45, 2.75) is 58.7 Å². The average Bonchev–Trinajstić information content (AvgIpc) is 2.21. The highest BCUT2D eigenvalue weighted by Crippen LogP contribution is 2.01. The van der Waals surface area contributed by atoms with Crippen LogP contribution in [0.15, 0.2) is 5.16 Å². The van der Waals surface area contributed by atoms with E-state index in [4.69, 9.17) is 10.9 Å². The lowest BCUT2D eigenvalue weighted by Crippen LogP contribution is -2.54. The quantitative estimate of drug-likeness (QED) is 0.243. The Balaban J connectivity index is 4.42. The Labute approximate surface area is 103 Å². The fourth-order valence-corrected chi connectivity index (χ4v) is 1.34. The summed E-state index contributed by atoms with van der Waals surface area (Å²) in [7, 11) is 0. The largest absolute Gasteiger partial charge is 0.409 e. The van der Waals surface area contributed by atoms with E-state index in [1.165, 1.54) is 0 Å². The molecule has 0 aliphatic heterocycles. The third kappa shape index (κ3) is 6.11. The van der Waals surface area contributed by atoms with Crippen LogP contribution in [-0.4, -0.2) is 34.6 Å². The Bertz CT molecular complexity index is 284. The topological polar surface area (TPSA) is 99.7 Å². The Morgan fingerprint density at radius 3 is 2.35 bits per heavy atom. The van der Waals surface area contributed by atoms with Crippen LogP contribution in [0.5, 0.6) is 0 Å². The predicted octanol–water partition coefficient (Wildman–Crippen LogP) is 0.404. The van der Waals surface area contributed by atoms with E-state index in [1.54, 1.807) is 6.92 Å². The van der Waals surface area contributed by atoms with Crippen LogP contribution in [0.4, 0.5) is 0 Å². The zero-order chi connectivity index (χ0) is 13.6. The SMILES string of the molecule is CCC(NC(C)C(=O)NC(C)(C)C)C(N)=NO. The predicted molar refractivity (Wildman–Crippen MR) is 68.0 cm³/mol. The number of rotatable bonds is 5. The lowest BCUT2D eigenvalue weighted by molar-refractivity contribution is -0.124. The van der Waals surface area contributed by atoms with Crippen molar-refractivity contribution in [3.63, 3.8) is 0 Å². The first kappa shape index (κ1) is 15.7. The van der Waals surface area contributed by atoms with E-state index in [-0.39, 0.29) is 23.3 Å². The highest BCUT2D eigenvalue weighted by Gasteiger charge is 2.22. The number of carbonyl (C=O) groups excluding carboxylic acids is 1. The fourth-order valence-electron chi connectivity index (χ4n) is 1.34. The van der Waals surface area contributed by atoms with Gasteiger partial charge in [0.1, 0.15) is 0 Å². The number of nitrogens with two attached hydrogens (primary N) is 1. The number of amidine groups is 1. The molecule has 0 aromatic rings. The van der Waals surface area contributed by atoms with Crippen LogP contribution in [-0.2, 0) is 4.79 Å². The molecule has 0 rings (SSSR count). The van der Waals surface area contributed by atoms with Crippen LogP contribution in [0, 0.1) is 0 Å². The van der Waals surface area contributed by atoms with E-state index in [9.17, 15) is 4.79 Å². The summed E-state index contributed by atoms with van der Waals surface area (Å²) in [4.78, 5) is 11.8. The van der Waals surface area contributed by atoms with E-state index in [1.807, 2.05) is 27.7 Å². The van der Waals surface area contributed by atoms with Crippen LogP contribution in [0.1, 0.15) is 41.0 Å². The van der Waals surface area contributed by atoms with Gasteiger partial charge in [-0.15, -0.1) is 0 Å². The second-order valence-electron chi connectivity index (χ2n) is 5.11. The van der Waals surface area contributed by atoms with Gasteiger partial charge in [0, 0.05) is 5.54 Å². The zero-order valence-corrected chi connectivity index (χ0v) is 11.2. The molecule has 0 aromatic carbocycles. The maximum Gasteiger partial charge on any atom is 0.237 e. The Morgan fingerprint density at radius 2 is 2.00 bits per heavy atom. The summed E-state index contributed by atoms with van der Waals surface area (Å²) in [6, 6.07) is -0.708. The summed E-state index contributed by atoms with van der Waals surface area (Å²) >= 11 is 0. The van der Waals surface area contributed by atoms with Crippen LogP contribution in [0.2, 0.25) is 0 Å². The van der Waals surface area contributed by atoms with Gasteiger partial charge in [0.15, 0.2) is 5.84 Å². The number of nitrogens with one attached hydrogen (secondary N) is 2. The number of nitrogens with zero attached hydrogens (tertiary/aromatic N) is 1. The number of amides is 1. The van der Waals surface area contributed by atoms with Crippen LogP contribution >= 0.6 is 0 Å². The standard InChI is InChI=1S/C11H24N4O2/c1-6-8(9(12)15-17)13-7(2)10(16)14-11(3,4)5/h7-8,13,17H,6H2,1-5H3,(H2,12,15)(H,14,16). The van der Waals surface area contributed by atoms with Gasteiger partial charge in [-0.25, -0.2) is 0 Å². The molecule has 2 atom stereocenters. The summed E-state index contributed by atoms with van der Waals surface area (Å²) in [6.45, 7) is 9.38. The van der Waals surface area contributed by atoms with Crippen molar-refractivity contribution in [2.75, 3.05) is 0 Å². The van der Waals surface area contributed by atoms with Crippen LogP contribution in [0.25, 0.3) is 0 Å². The van der Waals surface area contributed by atoms with Crippen molar-refractivity contribution >= 4 is 11.7 Å². The maximum absolute atomic E-state index is 11.8. The third-order valence-electron chi connectivity index (χ3n) is 2.22. The van der Waals surface area contributed by atoms with Gasteiger partial charge in [0.2, 0.25) is 5.91 Å². The molecule has 0 fully saturated rings. The molecule has 0 aliphatic carbocycles. The molecular formula is C11H24N4O2. The summed E-state index contributed by atoms with van der Waals surface area (Å²) in [5.74, 6) is -0.0235. The molecule has 0 saturated carbocycles. The second-order valence-corrected chi connectivity index (χ2v) is 5.11. The van der Waals surface area contributed by atoms with E-state index in [0.29, 0.717) is 6.42 Å². The summed E-state index contributed by atoms with van der Waals surface area (Å²) < 4.78 is 0. The van der Waals surface area contributed by atoms with Crippen LogP contribution < -0.4 is 16.4 Å². The smallest absolute Gasteiger partial charge is 0.237 e. The summed E-state index contributed by atoms with van der Waals surface area (Å²) in [5, 5.41) is 17.4. The molecule has 100 valence electrons. The van der Waals surface area contributed by atoms with Crippen molar-refractivity contribution in [3.05, 3.63) is 0 Å². The van der Waals surface area contributed by atoms with Gasteiger partial charge < -0.3 is 16.3 Å². The van der Waals surface area contributed by atoms with Crippen molar-refractivity contribution < 1.29 is 10.0 Å². The van der Waals surface area contributed by atoms with Crippen molar-refractivity contribution in [1.29, 1.82) is 0 Å². The van der Waals surface area contributed by atoms with Gasteiger partial charge in [0.25, 0.3) is 0 Å². The van der Waals surface area contributed by atoms with Crippen molar-refractivity contribution in [2.24, 2.45) is 10.9 Å². The van der Waals surface area contributed by atoms with E-state index in [0.717, 1.165) is 0 Å². The Kier molecular flexibility index (Phi) is 5.95. The monoisotopic (exact) mass is 244 g/mol. The minimum absolute atomic E-state index is 0.0860. The molecule has 0 saturated heterocycles. The van der Waals surface area contributed by atoms with E-state index < -0.39 is 6.04 Å². The Hall–Kier alpha value is -1.30. The summed E-state index contributed by atoms with van der Waals surface area (Å²) in [6.07, 6.45) is 0.642. The van der Waals surface area contributed by atoms with Gasteiger partial charge in [-0.1, -0.05) is 12.1 Å². The molecule has 0 aliphatic rings. The molecule has 2 unspecified atom stereocenters. The minimum Gasteiger partial charge on any atom is -0.409 e. The molecule has 0 bridgehead atoms. The number of hydrogen-bond acceptors (Lipinski definition) is 4. The number of hydrogen-bond donors (Lipinski definition) is 4. The molecule has 0 heterocycles. The molecule has 5 N–H and O–H groups in total.